The van der Waals surface area contributed by atoms with E-state index in [1.54, 1.807) is 0 Å². The first-order valence-electron chi connectivity index (χ1n) is 8.85. The SMILES string of the molecule is O=C(O)c1ccc(F)c(-c2cccc(-c3nc(-c4ccoc4)cc(C(F)(F)F)n3)c2)c1. The Morgan fingerprint density at radius 3 is 2.39 bits per heavy atom. The highest BCUT2D eigenvalue weighted by Gasteiger charge is 2.34. The summed E-state index contributed by atoms with van der Waals surface area (Å²) in [6.07, 6.45) is -2.14. The number of hydrogen-bond donors (Lipinski definition) is 1. The van der Waals surface area contributed by atoms with Crippen molar-refractivity contribution in [3.8, 4) is 33.8 Å². The minimum Gasteiger partial charge on any atom is -0.478 e. The molecule has 31 heavy (non-hydrogen) atoms. The lowest BCUT2D eigenvalue weighted by atomic mass is 10.00. The van der Waals surface area contributed by atoms with Gasteiger partial charge in [-0.15, -0.1) is 0 Å². The van der Waals surface area contributed by atoms with E-state index in [1.165, 1.54) is 42.9 Å². The van der Waals surface area contributed by atoms with Gasteiger partial charge in [0.2, 0.25) is 0 Å². The molecule has 0 fully saturated rings. The fourth-order valence-electron chi connectivity index (χ4n) is 2.98. The molecule has 2 aromatic heterocycles. The molecule has 1 N–H and O–H groups in total. The first-order chi connectivity index (χ1) is 14.7. The van der Waals surface area contributed by atoms with E-state index in [0.29, 0.717) is 5.56 Å². The lowest BCUT2D eigenvalue weighted by Gasteiger charge is -2.11. The van der Waals surface area contributed by atoms with Crippen molar-refractivity contribution >= 4 is 5.97 Å². The zero-order valence-corrected chi connectivity index (χ0v) is 15.5. The predicted octanol–water partition coefficient (Wildman–Crippen LogP) is 5.93. The van der Waals surface area contributed by atoms with Gasteiger partial charge in [-0.1, -0.05) is 18.2 Å². The average molecular weight is 428 g/mol. The van der Waals surface area contributed by atoms with Crippen LogP contribution in [0.25, 0.3) is 33.8 Å². The Hall–Kier alpha value is -4.01. The summed E-state index contributed by atoms with van der Waals surface area (Å²) in [6, 6.07) is 11.5. The van der Waals surface area contributed by atoms with Crippen LogP contribution in [-0.2, 0) is 6.18 Å². The van der Waals surface area contributed by atoms with E-state index in [1.807, 2.05) is 0 Å². The van der Waals surface area contributed by atoms with Crippen LogP contribution in [-0.4, -0.2) is 21.0 Å². The first kappa shape index (κ1) is 20.3. The summed E-state index contributed by atoms with van der Waals surface area (Å²) in [7, 11) is 0. The maximum absolute atomic E-state index is 14.3. The number of alkyl halides is 3. The molecule has 0 saturated heterocycles. The number of halogens is 4. The fourth-order valence-corrected chi connectivity index (χ4v) is 2.98. The fraction of sp³-hybridized carbons (Fsp3) is 0.0455. The van der Waals surface area contributed by atoms with Crippen molar-refractivity contribution in [3.63, 3.8) is 0 Å². The van der Waals surface area contributed by atoms with Crippen LogP contribution in [0.3, 0.4) is 0 Å². The Morgan fingerprint density at radius 2 is 1.71 bits per heavy atom. The molecule has 0 amide bonds. The number of rotatable bonds is 4. The molecule has 9 heteroatoms. The van der Waals surface area contributed by atoms with Crippen LogP contribution in [0.4, 0.5) is 17.6 Å². The molecule has 4 aromatic rings. The van der Waals surface area contributed by atoms with E-state index in [4.69, 9.17) is 9.52 Å². The summed E-state index contributed by atoms with van der Waals surface area (Å²) in [6.45, 7) is 0. The highest BCUT2D eigenvalue weighted by molar-refractivity contribution is 5.89. The molecule has 0 bridgehead atoms. The number of carboxylic acid groups (broad SMARTS) is 1. The lowest BCUT2D eigenvalue weighted by Crippen LogP contribution is -2.10. The minimum absolute atomic E-state index is 0.00975. The largest absolute Gasteiger partial charge is 0.478 e. The molecule has 0 aliphatic heterocycles. The second-order valence-electron chi connectivity index (χ2n) is 6.55. The van der Waals surface area contributed by atoms with Crippen molar-refractivity contribution in [3.05, 3.63) is 84.2 Å². The van der Waals surface area contributed by atoms with Crippen LogP contribution in [0.2, 0.25) is 0 Å². The van der Waals surface area contributed by atoms with Gasteiger partial charge in [-0.3, -0.25) is 0 Å². The Bertz CT molecular complexity index is 1270. The Labute approximate surface area is 172 Å². The van der Waals surface area contributed by atoms with Gasteiger partial charge in [-0.2, -0.15) is 13.2 Å². The minimum atomic E-state index is -4.71. The third kappa shape index (κ3) is 4.16. The second-order valence-corrected chi connectivity index (χ2v) is 6.55. The van der Waals surface area contributed by atoms with Crippen LogP contribution in [0.15, 0.2) is 71.5 Å². The van der Waals surface area contributed by atoms with Crippen LogP contribution in [0, 0.1) is 5.82 Å². The molecule has 0 saturated carbocycles. The zero-order valence-electron chi connectivity index (χ0n) is 15.5. The van der Waals surface area contributed by atoms with Gasteiger partial charge in [0.25, 0.3) is 0 Å². The van der Waals surface area contributed by atoms with Crippen LogP contribution in [0.5, 0.6) is 0 Å². The number of aromatic nitrogens is 2. The summed E-state index contributed by atoms with van der Waals surface area (Å²) in [5.74, 6) is -2.13. The van der Waals surface area contributed by atoms with Crippen molar-refractivity contribution in [2.24, 2.45) is 0 Å². The van der Waals surface area contributed by atoms with E-state index in [0.717, 1.165) is 24.3 Å². The van der Waals surface area contributed by atoms with Gasteiger partial charge in [0.15, 0.2) is 5.82 Å². The Kier molecular flexibility index (Phi) is 5.02. The molecule has 0 spiro atoms. The molecule has 0 aliphatic rings. The summed E-state index contributed by atoms with van der Waals surface area (Å²) >= 11 is 0. The van der Waals surface area contributed by atoms with Gasteiger partial charge < -0.3 is 9.52 Å². The normalized spacial score (nSPS) is 11.5. The first-order valence-corrected chi connectivity index (χ1v) is 8.85. The third-order valence-corrected chi connectivity index (χ3v) is 4.48. The Morgan fingerprint density at radius 1 is 0.935 bits per heavy atom. The highest BCUT2D eigenvalue weighted by Crippen LogP contribution is 2.33. The number of carbonyl (C=O) groups is 1. The number of nitrogens with zero attached hydrogens (tertiary/aromatic N) is 2. The van der Waals surface area contributed by atoms with Crippen LogP contribution < -0.4 is 0 Å². The number of carboxylic acids is 1. The smallest absolute Gasteiger partial charge is 0.433 e. The van der Waals surface area contributed by atoms with E-state index in [9.17, 15) is 22.4 Å². The number of furan rings is 1. The van der Waals surface area contributed by atoms with Crippen molar-refractivity contribution in [2.75, 3.05) is 0 Å². The summed E-state index contributed by atoms with van der Waals surface area (Å²) in [4.78, 5) is 19.0. The maximum Gasteiger partial charge on any atom is 0.433 e. The molecular formula is C22H12F4N2O3. The third-order valence-electron chi connectivity index (χ3n) is 4.48. The zero-order chi connectivity index (χ0) is 22.2. The molecule has 4 rings (SSSR count). The summed E-state index contributed by atoms with van der Waals surface area (Å²) < 4.78 is 59.5. The summed E-state index contributed by atoms with van der Waals surface area (Å²) in [5, 5.41) is 9.15. The van der Waals surface area contributed by atoms with E-state index in [2.05, 4.69) is 9.97 Å². The molecule has 2 heterocycles. The molecule has 5 nitrogen and oxygen atoms in total. The van der Waals surface area contributed by atoms with Crippen molar-refractivity contribution < 1.29 is 31.9 Å². The lowest BCUT2D eigenvalue weighted by molar-refractivity contribution is -0.141. The van der Waals surface area contributed by atoms with Crippen LogP contribution >= 0.6 is 0 Å². The number of benzene rings is 2. The van der Waals surface area contributed by atoms with E-state index >= 15 is 0 Å². The van der Waals surface area contributed by atoms with Crippen molar-refractivity contribution in [1.29, 1.82) is 0 Å². The van der Waals surface area contributed by atoms with Crippen molar-refractivity contribution in [1.82, 2.24) is 9.97 Å². The standard InChI is InChI=1S/C22H12F4N2O3/c23-17-5-4-14(21(29)30)9-16(17)12-2-1-3-13(8-12)20-27-18(15-6-7-31-11-15)10-19(28-20)22(24,25)26/h1-11H,(H,29,30). The van der Waals surface area contributed by atoms with Gasteiger partial charge >= 0.3 is 12.1 Å². The Balaban J connectivity index is 1.86. The molecule has 156 valence electrons. The van der Waals surface area contributed by atoms with E-state index in [-0.39, 0.29) is 33.8 Å². The summed E-state index contributed by atoms with van der Waals surface area (Å²) in [5.41, 5.74) is -0.459. The molecule has 0 unspecified atom stereocenters. The van der Waals surface area contributed by atoms with Gasteiger partial charge in [0, 0.05) is 16.7 Å². The molecule has 0 radical (unpaired) electrons. The highest BCUT2D eigenvalue weighted by atomic mass is 19.4. The molecular weight excluding hydrogens is 416 g/mol. The van der Waals surface area contributed by atoms with Gasteiger partial charge in [0.05, 0.1) is 23.8 Å². The maximum atomic E-state index is 14.3. The predicted molar refractivity (Wildman–Crippen MR) is 103 cm³/mol. The van der Waals surface area contributed by atoms with E-state index < -0.39 is 23.7 Å². The molecule has 0 aliphatic carbocycles. The second kappa shape index (κ2) is 7.67. The quantitative estimate of drug-likeness (QED) is 0.408. The molecule has 0 atom stereocenters. The number of aromatic carboxylic acids is 1. The van der Waals surface area contributed by atoms with Crippen LogP contribution in [0.1, 0.15) is 16.1 Å². The van der Waals surface area contributed by atoms with Gasteiger partial charge in [-0.05, 0) is 42.0 Å². The van der Waals surface area contributed by atoms with Crippen molar-refractivity contribution in [2.45, 2.75) is 6.18 Å². The average Bonchev–Trinajstić information content (AvgIpc) is 3.28. The molecule has 2 aromatic carbocycles. The van der Waals surface area contributed by atoms with Gasteiger partial charge in [-0.25, -0.2) is 19.2 Å². The topological polar surface area (TPSA) is 76.2 Å². The monoisotopic (exact) mass is 428 g/mol. The number of hydrogen-bond acceptors (Lipinski definition) is 4. The van der Waals surface area contributed by atoms with Gasteiger partial charge in [0.1, 0.15) is 11.5 Å².